The van der Waals surface area contributed by atoms with Crippen molar-refractivity contribution in [3.05, 3.63) is 53.1 Å². The molecule has 0 saturated carbocycles. The van der Waals surface area contributed by atoms with E-state index in [1.165, 1.54) is 0 Å². The number of fused-ring (bicyclic) bond motifs is 1. The van der Waals surface area contributed by atoms with E-state index in [4.69, 9.17) is 16.3 Å². The molecule has 1 aliphatic rings. The Labute approximate surface area is 132 Å². The largest absolute Gasteiger partial charge is 0.482 e. The standard InChI is InChI=1S/C16H13ClN2O3/c17-11-2-1-3-12(8-11)18-15(20)7-10-4-5-14-13(6-10)19-16(21)9-22-14/h1-6,8H,7,9H2,(H,18,20)(H,19,21). The van der Waals surface area contributed by atoms with Crippen molar-refractivity contribution in [2.75, 3.05) is 17.2 Å². The third kappa shape index (κ3) is 3.38. The topological polar surface area (TPSA) is 67.4 Å². The quantitative estimate of drug-likeness (QED) is 0.915. The molecule has 6 heteroatoms. The average Bonchev–Trinajstić information content (AvgIpc) is 2.46. The van der Waals surface area contributed by atoms with E-state index in [0.29, 0.717) is 22.1 Å². The van der Waals surface area contributed by atoms with Crippen molar-refractivity contribution >= 4 is 34.8 Å². The Bertz CT molecular complexity index is 746. The van der Waals surface area contributed by atoms with Crippen LogP contribution in [0.2, 0.25) is 5.02 Å². The van der Waals surface area contributed by atoms with E-state index in [1.54, 1.807) is 42.5 Å². The number of hydrogen-bond acceptors (Lipinski definition) is 3. The monoisotopic (exact) mass is 316 g/mol. The van der Waals surface area contributed by atoms with Crippen molar-refractivity contribution < 1.29 is 14.3 Å². The van der Waals surface area contributed by atoms with Crippen molar-refractivity contribution in [3.63, 3.8) is 0 Å². The average molecular weight is 317 g/mol. The molecule has 22 heavy (non-hydrogen) atoms. The second-order valence-corrected chi connectivity index (χ2v) is 5.34. The summed E-state index contributed by atoms with van der Waals surface area (Å²) in [6.45, 7) is 0.0155. The highest BCUT2D eigenvalue weighted by molar-refractivity contribution is 6.30. The minimum absolute atomic E-state index is 0.0155. The Kier molecular flexibility index (Phi) is 3.98. The number of halogens is 1. The molecule has 1 heterocycles. The lowest BCUT2D eigenvalue weighted by Crippen LogP contribution is -2.25. The van der Waals surface area contributed by atoms with Crippen molar-refractivity contribution in [2.45, 2.75) is 6.42 Å². The van der Waals surface area contributed by atoms with Crippen LogP contribution in [0.3, 0.4) is 0 Å². The van der Waals surface area contributed by atoms with Crippen LogP contribution in [0.1, 0.15) is 5.56 Å². The Morgan fingerprint density at radius 2 is 2.14 bits per heavy atom. The summed E-state index contributed by atoms with van der Waals surface area (Å²) < 4.78 is 5.28. The van der Waals surface area contributed by atoms with Gasteiger partial charge < -0.3 is 15.4 Å². The molecule has 3 rings (SSSR count). The van der Waals surface area contributed by atoms with Crippen LogP contribution in [0.5, 0.6) is 5.75 Å². The molecule has 2 aromatic rings. The molecule has 0 radical (unpaired) electrons. The Morgan fingerprint density at radius 1 is 1.27 bits per heavy atom. The molecule has 2 N–H and O–H groups in total. The zero-order valence-electron chi connectivity index (χ0n) is 11.6. The van der Waals surface area contributed by atoms with Crippen molar-refractivity contribution in [3.8, 4) is 5.75 Å². The number of anilines is 2. The lowest BCUT2D eigenvalue weighted by Gasteiger charge is -2.18. The van der Waals surface area contributed by atoms with Gasteiger partial charge in [-0.3, -0.25) is 9.59 Å². The second kappa shape index (κ2) is 6.07. The molecule has 0 fully saturated rings. The molecule has 0 unspecified atom stereocenters. The van der Waals surface area contributed by atoms with Crippen LogP contribution < -0.4 is 15.4 Å². The van der Waals surface area contributed by atoms with E-state index in [-0.39, 0.29) is 24.8 Å². The van der Waals surface area contributed by atoms with Gasteiger partial charge in [-0.25, -0.2) is 0 Å². The van der Waals surface area contributed by atoms with Crippen LogP contribution in [-0.4, -0.2) is 18.4 Å². The van der Waals surface area contributed by atoms with Gasteiger partial charge in [-0.1, -0.05) is 23.7 Å². The number of benzene rings is 2. The number of nitrogens with one attached hydrogen (secondary N) is 2. The van der Waals surface area contributed by atoms with Gasteiger partial charge in [0.05, 0.1) is 12.1 Å². The van der Waals surface area contributed by atoms with Gasteiger partial charge in [0.1, 0.15) is 5.75 Å². The van der Waals surface area contributed by atoms with Crippen molar-refractivity contribution in [1.82, 2.24) is 0 Å². The summed E-state index contributed by atoms with van der Waals surface area (Å²) in [7, 11) is 0. The first kappa shape index (κ1) is 14.4. The van der Waals surface area contributed by atoms with E-state index in [0.717, 1.165) is 5.56 Å². The predicted molar refractivity (Wildman–Crippen MR) is 84.4 cm³/mol. The Balaban J connectivity index is 1.69. The first-order valence-corrected chi connectivity index (χ1v) is 7.09. The summed E-state index contributed by atoms with van der Waals surface area (Å²) in [5.41, 5.74) is 2.01. The lowest BCUT2D eigenvalue weighted by atomic mass is 10.1. The normalized spacial score (nSPS) is 12.9. The van der Waals surface area contributed by atoms with Gasteiger partial charge in [0, 0.05) is 10.7 Å². The fraction of sp³-hybridized carbons (Fsp3) is 0.125. The van der Waals surface area contributed by atoms with Gasteiger partial charge in [-0.2, -0.15) is 0 Å². The minimum atomic E-state index is -0.201. The summed E-state index contributed by atoms with van der Waals surface area (Å²) in [6.07, 6.45) is 0.190. The molecule has 0 spiro atoms. The maximum atomic E-state index is 12.1. The number of amides is 2. The summed E-state index contributed by atoms with van der Waals surface area (Å²) >= 11 is 5.88. The molecular formula is C16H13ClN2O3. The lowest BCUT2D eigenvalue weighted by molar-refractivity contribution is -0.118. The van der Waals surface area contributed by atoms with Crippen LogP contribution in [-0.2, 0) is 16.0 Å². The van der Waals surface area contributed by atoms with E-state index in [1.807, 2.05) is 0 Å². The first-order chi connectivity index (χ1) is 10.6. The SMILES string of the molecule is O=C(Cc1ccc2c(c1)NC(=O)CO2)Nc1cccc(Cl)c1. The van der Waals surface area contributed by atoms with E-state index < -0.39 is 0 Å². The third-order valence-electron chi connectivity index (χ3n) is 3.15. The molecule has 112 valence electrons. The van der Waals surface area contributed by atoms with Gasteiger partial charge in [0.25, 0.3) is 5.91 Å². The fourth-order valence-electron chi connectivity index (χ4n) is 2.20. The van der Waals surface area contributed by atoms with Gasteiger partial charge >= 0.3 is 0 Å². The highest BCUT2D eigenvalue weighted by atomic mass is 35.5. The third-order valence-corrected chi connectivity index (χ3v) is 3.38. The Hall–Kier alpha value is -2.53. The smallest absolute Gasteiger partial charge is 0.262 e. The minimum Gasteiger partial charge on any atom is -0.482 e. The molecule has 2 amide bonds. The van der Waals surface area contributed by atoms with Crippen molar-refractivity contribution in [1.29, 1.82) is 0 Å². The fourth-order valence-corrected chi connectivity index (χ4v) is 2.39. The maximum absolute atomic E-state index is 12.1. The van der Waals surface area contributed by atoms with E-state index >= 15 is 0 Å². The number of rotatable bonds is 3. The zero-order chi connectivity index (χ0) is 15.5. The molecular weight excluding hydrogens is 304 g/mol. The maximum Gasteiger partial charge on any atom is 0.262 e. The van der Waals surface area contributed by atoms with Crippen LogP contribution >= 0.6 is 11.6 Å². The van der Waals surface area contributed by atoms with Crippen LogP contribution in [0.15, 0.2) is 42.5 Å². The molecule has 2 aromatic carbocycles. The van der Waals surface area contributed by atoms with Gasteiger partial charge in [0.2, 0.25) is 5.91 Å². The zero-order valence-corrected chi connectivity index (χ0v) is 12.3. The summed E-state index contributed by atoms with van der Waals surface area (Å²) in [4.78, 5) is 23.4. The molecule has 0 saturated heterocycles. The highest BCUT2D eigenvalue weighted by Crippen LogP contribution is 2.28. The number of carbonyl (C=O) groups is 2. The highest BCUT2D eigenvalue weighted by Gasteiger charge is 2.16. The van der Waals surface area contributed by atoms with E-state index in [2.05, 4.69) is 10.6 Å². The number of hydrogen-bond donors (Lipinski definition) is 2. The van der Waals surface area contributed by atoms with Gasteiger partial charge in [-0.15, -0.1) is 0 Å². The van der Waals surface area contributed by atoms with Crippen LogP contribution in [0.4, 0.5) is 11.4 Å². The van der Waals surface area contributed by atoms with Crippen molar-refractivity contribution in [2.24, 2.45) is 0 Å². The molecule has 0 atom stereocenters. The summed E-state index contributed by atoms with van der Waals surface area (Å²) in [5, 5.41) is 6.06. The molecule has 5 nitrogen and oxygen atoms in total. The van der Waals surface area contributed by atoms with Gasteiger partial charge in [-0.05, 0) is 35.9 Å². The second-order valence-electron chi connectivity index (χ2n) is 4.90. The number of ether oxygens (including phenoxy) is 1. The van der Waals surface area contributed by atoms with Crippen LogP contribution in [0.25, 0.3) is 0 Å². The van der Waals surface area contributed by atoms with E-state index in [9.17, 15) is 9.59 Å². The Morgan fingerprint density at radius 3 is 2.95 bits per heavy atom. The molecule has 0 aliphatic carbocycles. The molecule has 0 aromatic heterocycles. The summed E-state index contributed by atoms with van der Waals surface area (Å²) in [6, 6.07) is 12.2. The van der Waals surface area contributed by atoms with Gasteiger partial charge in [0.15, 0.2) is 6.61 Å². The summed E-state index contributed by atoms with van der Waals surface area (Å²) in [5.74, 6) is 0.247. The predicted octanol–water partition coefficient (Wildman–Crippen LogP) is 2.85. The first-order valence-electron chi connectivity index (χ1n) is 6.71. The number of carbonyl (C=O) groups excluding carboxylic acids is 2. The van der Waals surface area contributed by atoms with Crippen LogP contribution in [0, 0.1) is 0 Å². The molecule has 0 bridgehead atoms. The molecule has 1 aliphatic heterocycles.